The second kappa shape index (κ2) is 6.09. The molecule has 5 N–H and O–H groups in total. The summed E-state index contributed by atoms with van der Waals surface area (Å²) in [5.74, 6) is -0.208. The summed E-state index contributed by atoms with van der Waals surface area (Å²) in [6.45, 7) is 1.07. The second-order valence-corrected chi connectivity index (χ2v) is 2.04. The first-order chi connectivity index (χ1) is 5.26. The van der Waals surface area contributed by atoms with Crippen molar-refractivity contribution < 1.29 is 9.53 Å². The molecule has 1 unspecified atom stereocenters. The molecule has 1 atom stereocenters. The van der Waals surface area contributed by atoms with E-state index in [1.807, 2.05) is 0 Å². The molecule has 5 heteroatoms. The largest absolute Gasteiger partial charge is 0.370 e. The standard InChI is InChI=1S/C6H15N3O2/c1-11-5(4-8)6(10)9-3-2-7/h5H,2-4,7-8H2,1H3,(H,9,10). The van der Waals surface area contributed by atoms with E-state index in [2.05, 4.69) is 5.32 Å². The molecule has 0 rings (SSSR count). The minimum Gasteiger partial charge on any atom is -0.370 e. The van der Waals surface area contributed by atoms with Crippen LogP contribution in [0.25, 0.3) is 0 Å². The van der Waals surface area contributed by atoms with Crippen molar-refractivity contribution in [3.63, 3.8) is 0 Å². The third kappa shape index (κ3) is 3.92. The highest BCUT2D eigenvalue weighted by Crippen LogP contribution is 1.85. The van der Waals surface area contributed by atoms with Gasteiger partial charge in [-0.2, -0.15) is 0 Å². The summed E-state index contributed by atoms with van der Waals surface area (Å²) in [5, 5.41) is 2.57. The Balaban J connectivity index is 3.61. The molecule has 0 aromatic carbocycles. The fraction of sp³-hybridized carbons (Fsp3) is 0.833. The van der Waals surface area contributed by atoms with Gasteiger partial charge in [0.1, 0.15) is 6.10 Å². The van der Waals surface area contributed by atoms with Gasteiger partial charge in [0, 0.05) is 26.7 Å². The quantitative estimate of drug-likeness (QED) is 0.436. The van der Waals surface area contributed by atoms with Gasteiger partial charge in [0.25, 0.3) is 0 Å². The number of nitrogens with two attached hydrogens (primary N) is 2. The fourth-order valence-electron chi connectivity index (χ4n) is 0.620. The number of carbonyl (C=O) groups is 1. The number of hydrogen-bond acceptors (Lipinski definition) is 4. The maximum Gasteiger partial charge on any atom is 0.250 e. The second-order valence-electron chi connectivity index (χ2n) is 2.04. The summed E-state index contributed by atoms with van der Waals surface area (Å²) in [5.41, 5.74) is 10.4. The predicted octanol–water partition coefficient (Wildman–Crippen LogP) is -1.96. The molecule has 0 radical (unpaired) electrons. The molecule has 0 aromatic heterocycles. The molecule has 0 fully saturated rings. The first-order valence-corrected chi connectivity index (χ1v) is 3.47. The van der Waals surface area contributed by atoms with Crippen LogP contribution in [0, 0.1) is 0 Å². The van der Waals surface area contributed by atoms with Gasteiger partial charge < -0.3 is 21.5 Å². The van der Waals surface area contributed by atoms with E-state index in [4.69, 9.17) is 16.2 Å². The monoisotopic (exact) mass is 161 g/mol. The first kappa shape index (κ1) is 10.3. The van der Waals surface area contributed by atoms with E-state index < -0.39 is 6.10 Å². The van der Waals surface area contributed by atoms with Crippen LogP contribution in [0.5, 0.6) is 0 Å². The van der Waals surface area contributed by atoms with Gasteiger partial charge in [-0.3, -0.25) is 4.79 Å². The van der Waals surface area contributed by atoms with Gasteiger partial charge in [0.2, 0.25) is 5.91 Å². The number of rotatable bonds is 5. The topological polar surface area (TPSA) is 90.4 Å². The highest BCUT2D eigenvalue weighted by Gasteiger charge is 2.13. The molecule has 0 spiro atoms. The van der Waals surface area contributed by atoms with Crippen molar-refractivity contribution in [2.45, 2.75) is 6.10 Å². The highest BCUT2D eigenvalue weighted by molar-refractivity contribution is 5.80. The van der Waals surface area contributed by atoms with E-state index in [9.17, 15) is 4.79 Å². The molecule has 0 saturated carbocycles. The molecule has 0 heterocycles. The van der Waals surface area contributed by atoms with Crippen molar-refractivity contribution in [2.75, 3.05) is 26.7 Å². The summed E-state index contributed by atoms with van der Waals surface area (Å²) in [7, 11) is 1.44. The van der Waals surface area contributed by atoms with Gasteiger partial charge in [0.05, 0.1) is 0 Å². The van der Waals surface area contributed by atoms with E-state index >= 15 is 0 Å². The average Bonchev–Trinajstić information content (AvgIpc) is 2.03. The molecular weight excluding hydrogens is 146 g/mol. The lowest BCUT2D eigenvalue weighted by Crippen LogP contribution is -2.42. The zero-order chi connectivity index (χ0) is 8.69. The molecule has 0 bridgehead atoms. The Kier molecular flexibility index (Phi) is 5.73. The predicted molar refractivity (Wildman–Crippen MR) is 41.9 cm³/mol. The molecular formula is C6H15N3O2. The molecule has 0 aromatic rings. The third-order valence-electron chi connectivity index (χ3n) is 1.23. The van der Waals surface area contributed by atoms with Crippen LogP contribution < -0.4 is 16.8 Å². The van der Waals surface area contributed by atoms with Crippen LogP contribution >= 0.6 is 0 Å². The number of methoxy groups -OCH3 is 1. The highest BCUT2D eigenvalue weighted by atomic mass is 16.5. The molecule has 66 valence electrons. The molecule has 1 amide bonds. The Hall–Kier alpha value is -0.650. The van der Waals surface area contributed by atoms with Crippen molar-refractivity contribution in [3.8, 4) is 0 Å². The van der Waals surface area contributed by atoms with Gasteiger partial charge in [-0.1, -0.05) is 0 Å². The molecule has 0 aliphatic rings. The van der Waals surface area contributed by atoms with Gasteiger partial charge >= 0.3 is 0 Å². The van der Waals surface area contributed by atoms with Gasteiger partial charge in [0.15, 0.2) is 0 Å². The molecule has 0 saturated heterocycles. The van der Waals surface area contributed by atoms with E-state index in [-0.39, 0.29) is 12.5 Å². The third-order valence-corrected chi connectivity index (χ3v) is 1.23. The summed E-state index contributed by atoms with van der Waals surface area (Å²) < 4.78 is 4.78. The van der Waals surface area contributed by atoms with Crippen molar-refractivity contribution in [3.05, 3.63) is 0 Å². The van der Waals surface area contributed by atoms with Gasteiger partial charge in [-0.15, -0.1) is 0 Å². The van der Waals surface area contributed by atoms with Crippen LogP contribution in [0.2, 0.25) is 0 Å². The zero-order valence-electron chi connectivity index (χ0n) is 6.67. The van der Waals surface area contributed by atoms with Crippen molar-refractivity contribution in [1.82, 2.24) is 5.32 Å². The minimum atomic E-state index is -0.554. The SMILES string of the molecule is COC(CN)C(=O)NCCN. The summed E-state index contributed by atoms with van der Waals surface area (Å²) >= 11 is 0. The lowest BCUT2D eigenvalue weighted by atomic mass is 10.3. The molecule has 0 aliphatic carbocycles. The van der Waals surface area contributed by atoms with Crippen LogP contribution in [-0.2, 0) is 9.53 Å². The summed E-state index contributed by atoms with van der Waals surface area (Å²) in [6.07, 6.45) is -0.554. The Morgan fingerprint density at radius 1 is 1.64 bits per heavy atom. The van der Waals surface area contributed by atoms with Crippen LogP contribution in [-0.4, -0.2) is 38.8 Å². The van der Waals surface area contributed by atoms with Gasteiger partial charge in [-0.25, -0.2) is 0 Å². The number of carbonyl (C=O) groups excluding carboxylic acids is 1. The fourth-order valence-corrected chi connectivity index (χ4v) is 0.620. The van der Waals surface area contributed by atoms with Crippen LogP contribution in [0.15, 0.2) is 0 Å². The van der Waals surface area contributed by atoms with Gasteiger partial charge in [-0.05, 0) is 0 Å². The number of ether oxygens (including phenoxy) is 1. The lowest BCUT2D eigenvalue weighted by molar-refractivity contribution is -0.130. The van der Waals surface area contributed by atoms with Crippen molar-refractivity contribution in [2.24, 2.45) is 11.5 Å². The zero-order valence-corrected chi connectivity index (χ0v) is 6.67. The smallest absolute Gasteiger partial charge is 0.250 e. The summed E-state index contributed by atoms with van der Waals surface area (Å²) in [4.78, 5) is 11.0. The average molecular weight is 161 g/mol. The van der Waals surface area contributed by atoms with Crippen molar-refractivity contribution >= 4 is 5.91 Å². The van der Waals surface area contributed by atoms with Crippen LogP contribution in [0.3, 0.4) is 0 Å². The maximum absolute atomic E-state index is 11.0. The Bertz CT molecular complexity index is 114. The minimum absolute atomic E-state index is 0.187. The van der Waals surface area contributed by atoms with Crippen LogP contribution in [0.1, 0.15) is 0 Å². The van der Waals surface area contributed by atoms with E-state index in [0.717, 1.165) is 0 Å². The number of nitrogens with one attached hydrogen (secondary N) is 1. The Morgan fingerprint density at radius 3 is 2.64 bits per heavy atom. The normalized spacial score (nSPS) is 12.6. The molecule has 0 aliphatic heterocycles. The molecule has 5 nitrogen and oxygen atoms in total. The van der Waals surface area contributed by atoms with E-state index in [1.54, 1.807) is 0 Å². The van der Waals surface area contributed by atoms with E-state index in [1.165, 1.54) is 7.11 Å². The first-order valence-electron chi connectivity index (χ1n) is 3.47. The molecule has 11 heavy (non-hydrogen) atoms. The van der Waals surface area contributed by atoms with Crippen molar-refractivity contribution in [1.29, 1.82) is 0 Å². The Labute approximate surface area is 66.1 Å². The summed E-state index contributed by atoms with van der Waals surface area (Å²) in [6, 6.07) is 0. The lowest BCUT2D eigenvalue weighted by Gasteiger charge is -2.11. The van der Waals surface area contributed by atoms with Crippen LogP contribution in [0.4, 0.5) is 0 Å². The maximum atomic E-state index is 11.0. The van der Waals surface area contributed by atoms with E-state index in [0.29, 0.717) is 13.1 Å². The Morgan fingerprint density at radius 2 is 2.27 bits per heavy atom. The number of hydrogen-bond donors (Lipinski definition) is 3. The number of amides is 1.